The predicted octanol–water partition coefficient (Wildman–Crippen LogP) is 2.26. The van der Waals surface area contributed by atoms with Crippen LogP contribution < -0.4 is 4.90 Å². The average molecular weight is 288 g/mol. The van der Waals surface area contributed by atoms with Crippen LogP contribution >= 0.6 is 0 Å². The summed E-state index contributed by atoms with van der Waals surface area (Å²) in [7, 11) is 0. The number of aromatic nitrogens is 2. The van der Waals surface area contributed by atoms with Gasteiger partial charge in [-0.3, -0.25) is 4.79 Å². The van der Waals surface area contributed by atoms with E-state index in [-0.39, 0.29) is 5.91 Å². The smallest absolute Gasteiger partial charge is 0.272 e. The van der Waals surface area contributed by atoms with Crippen molar-refractivity contribution >= 4 is 11.7 Å². The summed E-state index contributed by atoms with van der Waals surface area (Å²) in [6.45, 7) is 7.91. The van der Waals surface area contributed by atoms with Crippen molar-refractivity contribution < 1.29 is 4.79 Å². The first-order valence-electron chi connectivity index (χ1n) is 8.03. The molecule has 1 atom stereocenters. The summed E-state index contributed by atoms with van der Waals surface area (Å²) in [4.78, 5) is 25.6. The number of piperidine rings is 1. The highest BCUT2D eigenvalue weighted by Crippen LogP contribution is 2.22. The molecule has 0 aliphatic carbocycles. The van der Waals surface area contributed by atoms with Crippen molar-refractivity contribution in [2.45, 2.75) is 39.5 Å². The number of carbonyl (C=O) groups is 1. The lowest BCUT2D eigenvalue weighted by atomic mass is 10.0. The monoisotopic (exact) mass is 288 g/mol. The van der Waals surface area contributed by atoms with E-state index in [2.05, 4.69) is 21.8 Å². The van der Waals surface area contributed by atoms with E-state index in [4.69, 9.17) is 0 Å². The highest BCUT2D eigenvalue weighted by Gasteiger charge is 2.23. The van der Waals surface area contributed by atoms with E-state index < -0.39 is 0 Å². The van der Waals surface area contributed by atoms with E-state index in [0.29, 0.717) is 17.4 Å². The Kier molecular flexibility index (Phi) is 4.08. The van der Waals surface area contributed by atoms with Gasteiger partial charge in [0, 0.05) is 32.2 Å². The number of hydrogen-bond donors (Lipinski definition) is 0. The lowest BCUT2D eigenvalue weighted by Gasteiger charge is -2.32. The number of amides is 1. The molecule has 2 aliphatic heterocycles. The van der Waals surface area contributed by atoms with Crippen LogP contribution in [0.3, 0.4) is 0 Å². The molecular formula is C16H24N4O. The number of anilines is 1. The number of hydrogen-bond acceptors (Lipinski definition) is 4. The van der Waals surface area contributed by atoms with Gasteiger partial charge in [-0.2, -0.15) is 0 Å². The Bertz CT molecular complexity index is 525. The van der Waals surface area contributed by atoms with Crippen LogP contribution in [0.1, 0.15) is 48.9 Å². The third kappa shape index (κ3) is 3.17. The third-order valence-corrected chi connectivity index (χ3v) is 4.42. The molecule has 1 aromatic heterocycles. The van der Waals surface area contributed by atoms with Crippen LogP contribution in [0.25, 0.3) is 0 Å². The lowest BCUT2D eigenvalue weighted by Crippen LogP contribution is -2.35. The maximum Gasteiger partial charge on any atom is 0.272 e. The standard InChI is InChI=1S/C16H24N4O/c1-12-6-5-9-20(11-12)15-10-14(17-13(2)18-15)16(21)19-7-3-4-8-19/h10,12H,3-9,11H2,1-2H3/t12-/m1/s1. The van der Waals surface area contributed by atoms with Gasteiger partial charge >= 0.3 is 0 Å². The highest BCUT2D eigenvalue weighted by molar-refractivity contribution is 5.93. The minimum absolute atomic E-state index is 0.0595. The van der Waals surface area contributed by atoms with Gasteiger partial charge in [0.05, 0.1) is 0 Å². The number of likely N-dealkylation sites (tertiary alicyclic amines) is 1. The number of rotatable bonds is 2. The normalized spacial score (nSPS) is 22.7. The Morgan fingerprint density at radius 3 is 2.67 bits per heavy atom. The SMILES string of the molecule is Cc1nc(C(=O)N2CCCC2)cc(N2CCC[C@@H](C)C2)n1. The summed E-state index contributed by atoms with van der Waals surface area (Å²) in [5, 5.41) is 0. The first kappa shape index (κ1) is 14.3. The first-order valence-corrected chi connectivity index (χ1v) is 8.03. The molecule has 0 radical (unpaired) electrons. The van der Waals surface area contributed by atoms with Crippen molar-refractivity contribution in [3.63, 3.8) is 0 Å². The fourth-order valence-corrected chi connectivity index (χ4v) is 3.30. The fraction of sp³-hybridized carbons (Fsp3) is 0.688. The van der Waals surface area contributed by atoms with Gasteiger partial charge in [-0.15, -0.1) is 0 Å². The molecule has 0 bridgehead atoms. The molecule has 0 saturated carbocycles. The van der Waals surface area contributed by atoms with E-state index >= 15 is 0 Å². The maximum absolute atomic E-state index is 12.5. The van der Waals surface area contributed by atoms with Crippen molar-refractivity contribution in [1.29, 1.82) is 0 Å². The topological polar surface area (TPSA) is 49.3 Å². The Morgan fingerprint density at radius 1 is 1.19 bits per heavy atom. The molecule has 1 aromatic rings. The molecule has 5 nitrogen and oxygen atoms in total. The molecule has 2 saturated heterocycles. The minimum atomic E-state index is 0.0595. The van der Waals surface area contributed by atoms with Gasteiger partial charge in [-0.1, -0.05) is 6.92 Å². The summed E-state index contributed by atoms with van der Waals surface area (Å²) in [5.41, 5.74) is 0.553. The van der Waals surface area contributed by atoms with Crippen molar-refractivity contribution in [3.05, 3.63) is 17.6 Å². The van der Waals surface area contributed by atoms with Crippen molar-refractivity contribution in [2.24, 2.45) is 5.92 Å². The van der Waals surface area contributed by atoms with E-state index in [1.54, 1.807) is 0 Å². The molecule has 2 aliphatic rings. The summed E-state index contributed by atoms with van der Waals surface area (Å²) in [5.74, 6) is 2.35. The van der Waals surface area contributed by atoms with Crippen LogP contribution in [0.15, 0.2) is 6.07 Å². The molecule has 0 spiro atoms. The van der Waals surface area contributed by atoms with Gasteiger partial charge in [0.15, 0.2) is 0 Å². The second-order valence-electron chi connectivity index (χ2n) is 6.35. The van der Waals surface area contributed by atoms with Gasteiger partial charge < -0.3 is 9.80 Å². The van der Waals surface area contributed by atoms with Gasteiger partial charge in [-0.25, -0.2) is 9.97 Å². The molecule has 0 N–H and O–H groups in total. The fourth-order valence-electron chi connectivity index (χ4n) is 3.30. The Hall–Kier alpha value is -1.65. The summed E-state index contributed by atoms with van der Waals surface area (Å²) >= 11 is 0. The molecule has 0 unspecified atom stereocenters. The number of carbonyl (C=O) groups excluding carboxylic acids is 1. The Labute approximate surface area is 126 Å². The van der Waals surface area contributed by atoms with E-state index in [1.807, 2.05) is 17.9 Å². The van der Waals surface area contributed by atoms with Crippen molar-refractivity contribution in [2.75, 3.05) is 31.1 Å². The largest absolute Gasteiger partial charge is 0.356 e. The van der Waals surface area contributed by atoms with Crippen LogP contribution in [-0.2, 0) is 0 Å². The average Bonchev–Trinajstić information content (AvgIpc) is 3.00. The first-order chi connectivity index (χ1) is 10.1. The highest BCUT2D eigenvalue weighted by atomic mass is 16.2. The van der Waals surface area contributed by atoms with Gasteiger partial charge in [0.2, 0.25) is 0 Å². The van der Waals surface area contributed by atoms with E-state index in [1.165, 1.54) is 12.8 Å². The zero-order valence-electron chi connectivity index (χ0n) is 13.0. The zero-order valence-corrected chi connectivity index (χ0v) is 13.0. The number of nitrogens with zero attached hydrogens (tertiary/aromatic N) is 4. The summed E-state index contributed by atoms with van der Waals surface area (Å²) < 4.78 is 0. The van der Waals surface area contributed by atoms with Crippen LogP contribution in [0, 0.1) is 12.8 Å². The molecule has 5 heteroatoms. The third-order valence-electron chi connectivity index (χ3n) is 4.42. The Morgan fingerprint density at radius 2 is 1.95 bits per heavy atom. The van der Waals surface area contributed by atoms with Crippen LogP contribution in [0.5, 0.6) is 0 Å². The van der Waals surface area contributed by atoms with Crippen LogP contribution in [-0.4, -0.2) is 47.0 Å². The maximum atomic E-state index is 12.5. The molecule has 114 valence electrons. The quantitative estimate of drug-likeness (QED) is 0.837. The van der Waals surface area contributed by atoms with E-state index in [0.717, 1.165) is 44.8 Å². The molecule has 2 fully saturated rings. The molecular weight excluding hydrogens is 264 g/mol. The molecule has 1 amide bonds. The number of aryl methyl sites for hydroxylation is 1. The second-order valence-corrected chi connectivity index (χ2v) is 6.35. The molecule has 0 aromatic carbocycles. The minimum Gasteiger partial charge on any atom is -0.356 e. The zero-order chi connectivity index (χ0) is 14.8. The van der Waals surface area contributed by atoms with Crippen LogP contribution in [0.4, 0.5) is 5.82 Å². The Balaban J connectivity index is 1.83. The molecule has 3 heterocycles. The van der Waals surface area contributed by atoms with E-state index in [9.17, 15) is 4.79 Å². The van der Waals surface area contributed by atoms with Gasteiger partial charge in [-0.05, 0) is 38.5 Å². The predicted molar refractivity (Wildman–Crippen MR) is 82.5 cm³/mol. The molecule has 21 heavy (non-hydrogen) atoms. The van der Waals surface area contributed by atoms with Crippen molar-refractivity contribution in [3.8, 4) is 0 Å². The van der Waals surface area contributed by atoms with Crippen molar-refractivity contribution in [1.82, 2.24) is 14.9 Å². The van der Waals surface area contributed by atoms with Gasteiger partial charge in [0.1, 0.15) is 17.3 Å². The summed E-state index contributed by atoms with van der Waals surface area (Å²) in [6, 6.07) is 1.88. The molecule has 3 rings (SSSR count). The van der Waals surface area contributed by atoms with Crippen LogP contribution in [0.2, 0.25) is 0 Å². The van der Waals surface area contributed by atoms with Gasteiger partial charge in [0.25, 0.3) is 5.91 Å². The summed E-state index contributed by atoms with van der Waals surface area (Å²) in [6.07, 6.45) is 4.68. The second kappa shape index (κ2) is 6.00. The lowest BCUT2D eigenvalue weighted by molar-refractivity contribution is 0.0786.